The number of fused-ring (bicyclic) bond motifs is 2. The number of anilines is 1. The van der Waals surface area contributed by atoms with Gasteiger partial charge >= 0.3 is 6.18 Å². The monoisotopic (exact) mass is 445 g/mol. The van der Waals surface area contributed by atoms with Crippen molar-refractivity contribution in [3.63, 3.8) is 0 Å². The van der Waals surface area contributed by atoms with E-state index in [1.165, 1.54) is 17.3 Å². The predicted octanol–water partition coefficient (Wildman–Crippen LogP) is 5.35. The standard InChI is InChI=1S/C22H22F3N5S/c23-22(24,25)10-16-9-18-20(27-13-28-21(18)31-16)29-15-5-7-30(8-6-15)12-14-11-26-19-4-2-1-3-17(14)19/h1-4,9,11,13,15,26H,5-8,10,12H2,(H,27,28,29). The molecule has 0 bridgehead atoms. The minimum atomic E-state index is -4.22. The zero-order valence-corrected chi connectivity index (χ0v) is 17.6. The Kier molecular flexibility index (Phi) is 5.31. The molecule has 1 aliphatic rings. The molecule has 0 atom stereocenters. The smallest absolute Gasteiger partial charge is 0.367 e. The molecule has 0 unspecified atom stereocenters. The molecule has 0 aliphatic carbocycles. The molecule has 0 amide bonds. The molecule has 4 heterocycles. The molecule has 0 saturated carbocycles. The summed E-state index contributed by atoms with van der Waals surface area (Å²) in [5.74, 6) is 0.629. The number of likely N-dealkylation sites (tertiary alicyclic amines) is 1. The maximum Gasteiger partial charge on any atom is 0.393 e. The number of piperidine rings is 1. The Morgan fingerprint density at radius 3 is 2.74 bits per heavy atom. The van der Waals surface area contributed by atoms with Gasteiger partial charge in [-0.1, -0.05) is 18.2 Å². The number of para-hydroxylation sites is 1. The van der Waals surface area contributed by atoms with Crippen LogP contribution >= 0.6 is 11.3 Å². The summed E-state index contributed by atoms with van der Waals surface area (Å²) in [7, 11) is 0. The Morgan fingerprint density at radius 1 is 1.13 bits per heavy atom. The number of rotatable bonds is 5. The van der Waals surface area contributed by atoms with Crippen molar-refractivity contribution in [1.82, 2.24) is 19.9 Å². The fourth-order valence-corrected chi connectivity index (χ4v) is 5.26. The van der Waals surface area contributed by atoms with Crippen molar-refractivity contribution in [2.24, 2.45) is 0 Å². The Balaban J connectivity index is 1.23. The van der Waals surface area contributed by atoms with Crippen LogP contribution in [-0.4, -0.2) is 45.2 Å². The Hall–Kier alpha value is -2.65. The second-order valence-corrected chi connectivity index (χ2v) is 9.12. The van der Waals surface area contributed by atoms with Gasteiger partial charge in [-0.25, -0.2) is 9.97 Å². The molecule has 5 nitrogen and oxygen atoms in total. The average molecular weight is 446 g/mol. The van der Waals surface area contributed by atoms with Gasteiger partial charge in [0.1, 0.15) is 17.0 Å². The fraction of sp³-hybridized carbons (Fsp3) is 0.364. The molecule has 4 aromatic rings. The van der Waals surface area contributed by atoms with Crippen molar-refractivity contribution in [3.8, 4) is 0 Å². The molecular formula is C22H22F3N5S. The van der Waals surface area contributed by atoms with Crippen molar-refractivity contribution < 1.29 is 13.2 Å². The first-order valence-electron chi connectivity index (χ1n) is 10.3. The number of aromatic nitrogens is 3. The molecule has 1 saturated heterocycles. The zero-order chi connectivity index (χ0) is 21.4. The lowest BCUT2D eigenvalue weighted by Crippen LogP contribution is -2.38. The SMILES string of the molecule is FC(F)(F)Cc1cc2c(NC3CCN(Cc4c[nH]c5ccccc45)CC3)ncnc2s1. The molecule has 1 aliphatic heterocycles. The molecule has 2 N–H and O–H groups in total. The average Bonchev–Trinajstić information content (AvgIpc) is 3.32. The van der Waals surface area contributed by atoms with E-state index in [4.69, 9.17) is 0 Å². The van der Waals surface area contributed by atoms with E-state index in [1.807, 2.05) is 6.07 Å². The minimum Gasteiger partial charge on any atom is -0.367 e. The third kappa shape index (κ3) is 4.52. The molecule has 5 rings (SSSR count). The summed E-state index contributed by atoms with van der Waals surface area (Å²) < 4.78 is 38.2. The third-order valence-corrected chi connectivity index (χ3v) is 6.80. The van der Waals surface area contributed by atoms with Gasteiger partial charge in [0, 0.05) is 47.7 Å². The van der Waals surface area contributed by atoms with E-state index in [2.05, 4.69) is 49.6 Å². The summed E-state index contributed by atoms with van der Waals surface area (Å²) in [4.78, 5) is 15.1. The third-order valence-electron chi connectivity index (χ3n) is 5.75. The van der Waals surface area contributed by atoms with Gasteiger partial charge in [0.25, 0.3) is 0 Å². The van der Waals surface area contributed by atoms with Gasteiger partial charge in [-0.05, 0) is 30.5 Å². The quantitative estimate of drug-likeness (QED) is 0.435. The second-order valence-electron chi connectivity index (χ2n) is 8.00. The van der Waals surface area contributed by atoms with Crippen LogP contribution in [0.5, 0.6) is 0 Å². The van der Waals surface area contributed by atoms with E-state index in [-0.39, 0.29) is 10.9 Å². The Labute approximate surface area is 181 Å². The number of H-pyrrole nitrogens is 1. The van der Waals surface area contributed by atoms with E-state index in [9.17, 15) is 13.2 Å². The van der Waals surface area contributed by atoms with Gasteiger partial charge in [-0.3, -0.25) is 4.90 Å². The van der Waals surface area contributed by atoms with Crippen molar-refractivity contribution in [3.05, 3.63) is 53.3 Å². The van der Waals surface area contributed by atoms with E-state index in [1.54, 1.807) is 6.07 Å². The maximum absolute atomic E-state index is 12.7. The van der Waals surface area contributed by atoms with Crippen LogP contribution in [0.1, 0.15) is 23.3 Å². The number of nitrogens with zero attached hydrogens (tertiary/aromatic N) is 3. The summed E-state index contributed by atoms with van der Waals surface area (Å²) in [6.07, 6.45) is 0.256. The molecule has 1 fully saturated rings. The lowest BCUT2D eigenvalue weighted by atomic mass is 10.0. The van der Waals surface area contributed by atoms with Crippen LogP contribution in [0.25, 0.3) is 21.1 Å². The first kappa shape index (κ1) is 20.3. The van der Waals surface area contributed by atoms with Crippen LogP contribution in [-0.2, 0) is 13.0 Å². The number of aromatic amines is 1. The van der Waals surface area contributed by atoms with Crippen LogP contribution in [0.3, 0.4) is 0 Å². The van der Waals surface area contributed by atoms with Crippen molar-refractivity contribution >= 4 is 38.3 Å². The molecule has 0 spiro atoms. The lowest BCUT2D eigenvalue weighted by Gasteiger charge is -2.32. The van der Waals surface area contributed by atoms with Gasteiger partial charge in [-0.2, -0.15) is 13.2 Å². The van der Waals surface area contributed by atoms with Crippen LogP contribution < -0.4 is 5.32 Å². The minimum absolute atomic E-state index is 0.239. The highest BCUT2D eigenvalue weighted by atomic mass is 32.1. The number of benzene rings is 1. The van der Waals surface area contributed by atoms with Crippen molar-refractivity contribution in [2.45, 2.75) is 38.0 Å². The van der Waals surface area contributed by atoms with Gasteiger partial charge in [-0.15, -0.1) is 11.3 Å². The van der Waals surface area contributed by atoms with E-state index in [0.717, 1.165) is 49.3 Å². The van der Waals surface area contributed by atoms with Gasteiger partial charge in [0.2, 0.25) is 0 Å². The van der Waals surface area contributed by atoms with Crippen LogP contribution in [0.4, 0.5) is 19.0 Å². The highest BCUT2D eigenvalue weighted by molar-refractivity contribution is 7.18. The fourth-order valence-electron chi connectivity index (χ4n) is 4.24. The summed E-state index contributed by atoms with van der Waals surface area (Å²) in [6, 6.07) is 10.1. The Bertz CT molecular complexity index is 1190. The summed E-state index contributed by atoms with van der Waals surface area (Å²) in [5.41, 5.74) is 2.46. The Morgan fingerprint density at radius 2 is 1.94 bits per heavy atom. The molecular weight excluding hydrogens is 423 g/mol. The molecule has 1 aromatic carbocycles. The second kappa shape index (κ2) is 8.12. The lowest BCUT2D eigenvalue weighted by molar-refractivity contribution is -0.126. The number of halogens is 3. The van der Waals surface area contributed by atoms with Crippen molar-refractivity contribution in [2.75, 3.05) is 18.4 Å². The van der Waals surface area contributed by atoms with Gasteiger partial charge in [0.15, 0.2) is 0 Å². The number of hydrogen-bond donors (Lipinski definition) is 2. The number of alkyl halides is 3. The summed E-state index contributed by atoms with van der Waals surface area (Å²) in [5, 5.41) is 5.39. The van der Waals surface area contributed by atoms with Crippen LogP contribution in [0.2, 0.25) is 0 Å². The first-order chi connectivity index (χ1) is 14.9. The van der Waals surface area contributed by atoms with Gasteiger partial charge < -0.3 is 10.3 Å². The largest absolute Gasteiger partial charge is 0.393 e. The molecule has 162 valence electrons. The molecule has 0 radical (unpaired) electrons. The van der Waals surface area contributed by atoms with Gasteiger partial charge in [0.05, 0.1) is 11.8 Å². The van der Waals surface area contributed by atoms with Crippen molar-refractivity contribution in [1.29, 1.82) is 0 Å². The van der Waals surface area contributed by atoms with Crippen LogP contribution in [0, 0.1) is 0 Å². The number of hydrogen-bond acceptors (Lipinski definition) is 5. The first-order valence-corrected chi connectivity index (χ1v) is 11.1. The summed E-state index contributed by atoms with van der Waals surface area (Å²) in [6.45, 7) is 2.81. The normalized spacial score (nSPS) is 16.4. The van der Waals surface area contributed by atoms with Crippen LogP contribution in [0.15, 0.2) is 42.9 Å². The van der Waals surface area contributed by atoms with E-state index >= 15 is 0 Å². The number of thiophene rings is 1. The molecule has 3 aromatic heterocycles. The predicted molar refractivity (Wildman–Crippen MR) is 117 cm³/mol. The topological polar surface area (TPSA) is 56.8 Å². The highest BCUT2D eigenvalue weighted by Crippen LogP contribution is 2.33. The molecule has 9 heteroatoms. The molecule has 31 heavy (non-hydrogen) atoms. The van der Waals surface area contributed by atoms with E-state index in [0.29, 0.717) is 16.0 Å². The number of nitrogens with one attached hydrogen (secondary N) is 2. The highest BCUT2D eigenvalue weighted by Gasteiger charge is 2.29. The zero-order valence-electron chi connectivity index (χ0n) is 16.7. The maximum atomic E-state index is 12.7. The summed E-state index contributed by atoms with van der Waals surface area (Å²) >= 11 is 1.08. The van der Waals surface area contributed by atoms with E-state index < -0.39 is 12.6 Å².